The van der Waals surface area contributed by atoms with E-state index in [9.17, 15) is 27.2 Å². The fourth-order valence-corrected chi connectivity index (χ4v) is 1.99. The Bertz CT molecular complexity index is 718. The monoisotopic (exact) mass is 345 g/mol. The first-order valence-corrected chi connectivity index (χ1v) is 7.24. The first kappa shape index (κ1) is 18.0. The third-order valence-electron chi connectivity index (χ3n) is 3.51. The Morgan fingerprint density at radius 2 is 1.96 bits per heavy atom. The summed E-state index contributed by atoms with van der Waals surface area (Å²) in [6.45, 7) is 2.40. The topological polar surface area (TPSA) is 55.4 Å². The average Bonchev–Trinajstić information content (AvgIpc) is 3.24. The van der Waals surface area contributed by atoms with Crippen LogP contribution in [0.2, 0.25) is 0 Å². The molecule has 0 aliphatic heterocycles. The Labute approximate surface area is 135 Å². The van der Waals surface area contributed by atoms with E-state index in [1.54, 1.807) is 0 Å². The van der Waals surface area contributed by atoms with Crippen molar-refractivity contribution < 1.29 is 31.9 Å². The molecule has 1 aliphatic rings. The van der Waals surface area contributed by atoms with Gasteiger partial charge >= 0.3 is 5.97 Å². The molecule has 0 saturated heterocycles. The minimum atomic E-state index is -1.42. The van der Waals surface area contributed by atoms with Crippen LogP contribution >= 0.6 is 0 Å². The van der Waals surface area contributed by atoms with Gasteiger partial charge in [-0.2, -0.15) is 0 Å². The number of Topliss-reactive ketones (excluding diaryl/α,β-unsaturated/α-hetero) is 1. The zero-order chi connectivity index (χ0) is 18.0. The number of ketones is 1. The number of carbonyl (C=O) groups is 2. The molecule has 1 fully saturated rings. The van der Waals surface area contributed by atoms with Gasteiger partial charge in [0.2, 0.25) is 5.78 Å². The number of carbonyl (C=O) groups excluding carboxylic acids is 2. The lowest BCUT2D eigenvalue weighted by Gasteiger charge is -2.10. The van der Waals surface area contributed by atoms with E-state index in [1.807, 2.05) is 0 Å². The highest BCUT2D eigenvalue weighted by atomic mass is 19.2. The van der Waals surface area contributed by atoms with Crippen molar-refractivity contribution in [3.63, 3.8) is 0 Å². The number of esters is 1. The lowest BCUT2D eigenvalue weighted by molar-refractivity contribution is -0.138. The molecule has 1 aromatic carbocycles. The molecule has 1 aliphatic carbocycles. The largest absolute Gasteiger partial charge is 0.462 e. The van der Waals surface area contributed by atoms with Crippen molar-refractivity contribution in [3.8, 4) is 0 Å². The highest BCUT2D eigenvalue weighted by Gasteiger charge is 2.37. The summed E-state index contributed by atoms with van der Waals surface area (Å²) in [5, 5.41) is 2.51. The van der Waals surface area contributed by atoms with Crippen LogP contribution in [-0.4, -0.2) is 30.6 Å². The zero-order valence-corrected chi connectivity index (χ0v) is 13.0. The van der Waals surface area contributed by atoms with E-state index < -0.39 is 58.1 Å². The molecule has 130 valence electrons. The molecule has 24 heavy (non-hydrogen) atoms. The Morgan fingerprint density at radius 3 is 2.50 bits per heavy atom. The lowest BCUT2D eigenvalue weighted by Crippen LogP contribution is -2.22. The van der Waals surface area contributed by atoms with Crippen LogP contribution in [-0.2, 0) is 9.53 Å². The van der Waals surface area contributed by atoms with Crippen LogP contribution in [0, 0.1) is 24.4 Å². The van der Waals surface area contributed by atoms with Crippen molar-refractivity contribution in [2.24, 2.45) is 0 Å². The van der Waals surface area contributed by atoms with Gasteiger partial charge in [-0.15, -0.1) is 0 Å². The van der Waals surface area contributed by atoms with Gasteiger partial charge in [0, 0.05) is 18.2 Å². The fourth-order valence-electron chi connectivity index (χ4n) is 1.99. The van der Waals surface area contributed by atoms with Crippen LogP contribution in [0.3, 0.4) is 0 Å². The van der Waals surface area contributed by atoms with Crippen molar-refractivity contribution in [2.45, 2.75) is 32.5 Å². The van der Waals surface area contributed by atoms with E-state index in [0.717, 1.165) is 13.1 Å². The molecule has 2 unspecified atom stereocenters. The Kier molecular flexibility index (Phi) is 5.26. The maximum Gasteiger partial charge on any atom is 0.343 e. The number of rotatable bonds is 6. The normalized spacial score (nSPS) is 19.8. The molecule has 0 bridgehead atoms. The molecule has 2 rings (SSSR count). The minimum absolute atomic E-state index is 0.0576. The number of nitrogens with one attached hydrogen (secondary N) is 1. The van der Waals surface area contributed by atoms with Gasteiger partial charge in [0.15, 0.2) is 11.6 Å². The van der Waals surface area contributed by atoms with Gasteiger partial charge in [-0.25, -0.2) is 22.4 Å². The summed E-state index contributed by atoms with van der Waals surface area (Å²) < 4.78 is 58.5. The second-order valence-electron chi connectivity index (χ2n) is 5.29. The number of hydrogen-bond donors (Lipinski definition) is 1. The van der Waals surface area contributed by atoms with Gasteiger partial charge in [0.1, 0.15) is 17.6 Å². The lowest BCUT2D eigenvalue weighted by atomic mass is 10.0. The SMILES string of the molecule is CCOC(=O)C(=CNC1CC1F)C(=O)c1cc(F)c(F)c(C)c1F. The molecular weight excluding hydrogens is 330 g/mol. The molecule has 1 saturated carbocycles. The number of hydrogen-bond acceptors (Lipinski definition) is 4. The minimum Gasteiger partial charge on any atom is -0.462 e. The van der Waals surface area contributed by atoms with E-state index in [4.69, 9.17) is 4.74 Å². The third-order valence-corrected chi connectivity index (χ3v) is 3.51. The summed E-state index contributed by atoms with van der Waals surface area (Å²) in [4.78, 5) is 24.3. The standard InChI is InChI=1S/C16H15F4NO3/c1-3-24-16(23)9(6-21-12-5-10(12)17)15(22)8-4-11(18)14(20)7(2)13(8)19/h4,6,10,12,21H,3,5H2,1-2H3. The molecule has 2 atom stereocenters. The Morgan fingerprint density at radius 1 is 1.33 bits per heavy atom. The van der Waals surface area contributed by atoms with E-state index in [-0.39, 0.29) is 13.0 Å². The number of benzene rings is 1. The highest BCUT2D eigenvalue weighted by molar-refractivity contribution is 6.24. The Balaban J connectivity index is 2.39. The number of ether oxygens (including phenoxy) is 1. The molecule has 1 N–H and O–H groups in total. The van der Waals surface area contributed by atoms with Crippen molar-refractivity contribution in [2.75, 3.05) is 6.61 Å². The average molecular weight is 345 g/mol. The summed E-state index contributed by atoms with van der Waals surface area (Å²) in [6, 6.07) is -0.180. The summed E-state index contributed by atoms with van der Waals surface area (Å²) in [6.07, 6.45) is 0.0158. The smallest absolute Gasteiger partial charge is 0.343 e. The number of alkyl halides is 1. The van der Waals surface area contributed by atoms with Gasteiger partial charge in [-0.05, 0) is 19.9 Å². The third kappa shape index (κ3) is 3.58. The van der Waals surface area contributed by atoms with Crippen molar-refractivity contribution in [3.05, 3.63) is 46.4 Å². The van der Waals surface area contributed by atoms with Crippen molar-refractivity contribution in [1.82, 2.24) is 5.32 Å². The van der Waals surface area contributed by atoms with Crippen molar-refractivity contribution in [1.29, 1.82) is 0 Å². The predicted octanol–water partition coefficient (Wildman–Crippen LogP) is 2.74. The van der Waals surface area contributed by atoms with Gasteiger partial charge < -0.3 is 10.1 Å². The maximum absolute atomic E-state index is 14.1. The predicted molar refractivity (Wildman–Crippen MR) is 76.5 cm³/mol. The first-order chi connectivity index (χ1) is 11.3. The van der Waals surface area contributed by atoms with Gasteiger partial charge in [-0.3, -0.25) is 4.79 Å². The quantitative estimate of drug-likeness (QED) is 0.164. The van der Waals surface area contributed by atoms with Crippen LogP contribution in [0.15, 0.2) is 17.8 Å². The van der Waals surface area contributed by atoms with Gasteiger partial charge in [0.25, 0.3) is 0 Å². The fraction of sp³-hybridized carbons (Fsp3) is 0.375. The van der Waals surface area contributed by atoms with E-state index in [1.165, 1.54) is 6.92 Å². The zero-order valence-electron chi connectivity index (χ0n) is 13.0. The summed E-state index contributed by atoms with van der Waals surface area (Å²) >= 11 is 0. The highest BCUT2D eigenvalue weighted by Crippen LogP contribution is 2.26. The number of halogens is 4. The van der Waals surface area contributed by atoms with Crippen LogP contribution in [0.5, 0.6) is 0 Å². The molecule has 0 spiro atoms. The summed E-state index contributed by atoms with van der Waals surface area (Å²) in [5.41, 5.74) is -2.11. The van der Waals surface area contributed by atoms with Crippen molar-refractivity contribution >= 4 is 11.8 Å². The molecule has 8 heteroatoms. The van der Waals surface area contributed by atoms with E-state index >= 15 is 0 Å². The van der Waals surface area contributed by atoms with Crippen LogP contribution in [0.1, 0.15) is 29.3 Å². The molecule has 0 amide bonds. The Hall–Kier alpha value is -2.38. The molecule has 0 aromatic heterocycles. The molecule has 0 heterocycles. The summed E-state index contributed by atoms with van der Waals surface area (Å²) in [5.74, 6) is -6.37. The first-order valence-electron chi connectivity index (χ1n) is 7.24. The molecular formula is C16H15F4NO3. The van der Waals surface area contributed by atoms with E-state index in [0.29, 0.717) is 6.07 Å². The van der Waals surface area contributed by atoms with Gasteiger partial charge in [-0.1, -0.05) is 0 Å². The second-order valence-corrected chi connectivity index (χ2v) is 5.29. The maximum atomic E-state index is 14.1. The molecule has 0 radical (unpaired) electrons. The van der Waals surface area contributed by atoms with Crippen LogP contribution in [0.25, 0.3) is 0 Å². The molecule has 4 nitrogen and oxygen atoms in total. The second kappa shape index (κ2) is 7.02. The summed E-state index contributed by atoms with van der Waals surface area (Å²) in [7, 11) is 0. The van der Waals surface area contributed by atoms with Gasteiger partial charge in [0.05, 0.1) is 18.2 Å². The molecule has 1 aromatic rings. The van der Waals surface area contributed by atoms with E-state index in [2.05, 4.69) is 5.32 Å². The van der Waals surface area contributed by atoms with Crippen LogP contribution < -0.4 is 5.32 Å². The van der Waals surface area contributed by atoms with Crippen LogP contribution in [0.4, 0.5) is 17.6 Å².